The van der Waals surface area contributed by atoms with Gasteiger partial charge in [-0.25, -0.2) is 14.6 Å². The second kappa shape index (κ2) is 14.4. The van der Waals surface area contributed by atoms with Crippen molar-refractivity contribution in [3.63, 3.8) is 0 Å². The number of benzene rings is 1. The number of aryl methyl sites for hydroxylation is 1. The molecule has 0 spiro atoms. The average Bonchev–Trinajstić information content (AvgIpc) is 3.35. The Hall–Kier alpha value is -3.30. The van der Waals surface area contributed by atoms with Gasteiger partial charge < -0.3 is 24.3 Å². The van der Waals surface area contributed by atoms with Crippen molar-refractivity contribution in [2.24, 2.45) is 7.05 Å². The van der Waals surface area contributed by atoms with Crippen molar-refractivity contribution in [3.8, 4) is 0 Å². The maximum Gasteiger partial charge on any atom is 0.410 e. The zero-order valence-electron chi connectivity index (χ0n) is 24.2. The summed E-state index contributed by atoms with van der Waals surface area (Å²) in [5, 5.41) is 3.56. The molecule has 1 saturated heterocycles. The summed E-state index contributed by atoms with van der Waals surface area (Å²) in [4.78, 5) is 33.6. The third kappa shape index (κ3) is 7.88. The molecule has 0 saturated carbocycles. The molecule has 3 atom stereocenters. The van der Waals surface area contributed by atoms with Crippen LogP contribution in [0.4, 0.5) is 9.59 Å². The smallest absolute Gasteiger partial charge is 0.410 e. The van der Waals surface area contributed by atoms with Gasteiger partial charge in [0.1, 0.15) is 6.10 Å². The second-order valence-electron chi connectivity index (χ2n) is 10.4. The van der Waals surface area contributed by atoms with Gasteiger partial charge in [0.2, 0.25) is 0 Å². The summed E-state index contributed by atoms with van der Waals surface area (Å²) in [5.41, 5.74) is 3.26. The minimum atomic E-state index is -0.603. The number of rotatable bonds is 11. The Labute approximate surface area is 242 Å². The van der Waals surface area contributed by atoms with Gasteiger partial charge >= 0.3 is 12.2 Å². The van der Waals surface area contributed by atoms with Crippen LogP contribution in [0.3, 0.4) is 0 Å². The van der Waals surface area contributed by atoms with Crippen molar-refractivity contribution in [1.29, 1.82) is 0 Å². The lowest BCUT2D eigenvalue weighted by molar-refractivity contribution is 0.0480. The van der Waals surface area contributed by atoms with Crippen LogP contribution in [0.5, 0.6) is 0 Å². The number of nitrogens with one attached hydrogen (secondary N) is 1. The Morgan fingerprint density at radius 1 is 1.18 bits per heavy atom. The van der Waals surface area contributed by atoms with E-state index in [4.69, 9.17) is 21.1 Å². The van der Waals surface area contributed by atoms with E-state index in [9.17, 15) is 9.59 Å². The summed E-state index contributed by atoms with van der Waals surface area (Å²) in [7, 11) is 1.87. The van der Waals surface area contributed by atoms with Crippen molar-refractivity contribution in [3.05, 3.63) is 71.8 Å². The third-order valence-corrected chi connectivity index (χ3v) is 7.34. The molecule has 3 unspecified atom stereocenters. The minimum Gasteiger partial charge on any atom is -0.447 e. The van der Waals surface area contributed by atoms with E-state index in [1.807, 2.05) is 63.6 Å². The third-order valence-electron chi connectivity index (χ3n) is 7.10. The largest absolute Gasteiger partial charge is 0.447 e. The fraction of sp³-hybridized carbons (Fsp3) is 0.500. The van der Waals surface area contributed by atoms with Crippen molar-refractivity contribution < 1.29 is 19.1 Å². The number of carbonyl (C=O) groups excluding carboxylic acids is 2. The van der Waals surface area contributed by atoms with E-state index in [0.717, 1.165) is 16.8 Å². The lowest BCUT2D eigenvalue weighted by Gasteiger charge is -2.40. The van der Waals surface area contributed by atoms with Crippen LogP contribution in [0.25, 0.3) is 5.57 Å². The number of halogens is 1. The first-order valence-electron chi connectivity index (χ1n) is 13.8. The van der Waals surface area contributed by atoms with Crippen LogP contribution in [0.2, 0.25) is 5.02 Å². The fourth-order valence-electron chi connectivity index (χ4n) is 4.78. The highest BCUT2D eigenvalue weighted by molar-refractivity contribution is 6.30. The molecule has 2 amide bonds. The van der Waals surface area contributed by atoms with E-state index in [1.54, 1.807) is 17.4 Å². The van der Waals surface area contributed by atoms with Crippen LogP contribution in [0, 0.1) is 0 Å². The summed E-state index contributed by atoms with van der Waals surface area (Å²) in [6, 6.07) is 5.12. The number of alkyl carbamates (subject to hydrolysis) is 1. The van der Waals surface area contributed by atoms with E-state index >= 15 is 0 Å². The Balaban J connectivity index is 1.93. The second-order valence-corrected chi connectivity index (χ2v) is 10.8. The van der Waals surface area contributed by atoms with Crippen molar-refractivity contribution in [2.45, 2.75) is 64.8 Å². The fourth-order valence-corrected chi connectivity index (χ4v) is 4.95. The molecule has 0 radical (unpaired) electrons. The quantitative estimate of drug-likeness (QED) is 0.326. The van der Waals surface area contributed by atoms with Crippen LogP contribution >= 0.6 is 11.6 Å². The summed E-state index contributed by atoms with van der Waals surface area (Å²) in [6.07, 6.45) is 5.46. The molecule has 2 aromatic rings. The molecule has 9 nitrogen and oxygen atoms in total. The lowest BCUT2D eigenvalue weighted by atomic mass is 9.88. The first-order valence-corrected chi connectivity index (χ1v) is 14.2. The van der Waals surface area contributed by atoms with Gasteiger partial charge in [-0.2, -0.15) is 0 Å². The zero-order valence-corrected chi connectivity index (χ0v) is 25.0. The number of hydrogen-bond donors (Lipinski definition) is 1. The maximum atomic E-state index is 12.9. The van der Waals surface area contributed by atoms with E-state index in [-0.39, 0.29) is 24.3 Å². The summed E-state index contributed by atoms with van der Waals surface area (Å²) < 4.78 is 12.8. The molecule has 218 valence electrons. The number of ether oxygens (including phenoxy) is 2. The van der Waals surface area contributed by atoms with E-state index < -0.39 is 12.1 Å². The van der Waals surface area contributed by atoms with E-state index in [2.05, 4.69) is 28.4 Å². The Morgan fingerprint density at radius 3 is 2.45 bits per heavy atom. The standard InChI is InChI=1S/C30H42ClN5O4/c1-8-10-26(35-13-15-36(16-14-35)30(38)39-20(3)4)24-12-11-23(31)17-25(24)22(6)28(27-18-32-19-34(27)7)33-29(37)40-21(5)9-2/h8,11-12,17-21,26,28H,1,6,9-10,13-16H2,2-5,7H3,(H,33,37). The molecule has 0 aliphatic carbocycles. The summed E-state index contributed by atoms with van der Waals surface area (Å²) >= 11 is 6.52. The number of amides is 2. The Morgan fingerprint density at radius 2 is 1.88 bits per heavy atom. The molecule has 0 bridgehead atoms. The van der Waals surface area contributed by atoms with Crippen LogP contribution in [-0.2, 0) is 16.5 Å². The van der Waals surface area contributed by atoms with Crippen LogP contribution < -0.4 is 5.32 Å². The summed E-state index contributed by atoms with van der Waals surface area (Å²) in [6.45, 7) is 18.4. The predicted octanol–water partition coefficient (Wildman–Crippen LogP) is 6.13. The molecular weight excluding hydrogens is 530 g/mol. The maximum absolute atomic E-state index is 12.9. The van der Waals surface area contributed by atoms with Gasteiger partial charge in [-0.05, 0) is 62.4 Å². The molecule has 1 aromatic carbocycles. The minimum absolute atomic E-state index is 0.0379. The van der Waals surface area contributed by atoms with Gasteiger partial charge in [-0.15, -0.1) is 6.58 Å². The molecule has 10 heteroatoms. The van der Waals surface area contributed by atoms with Gasteiger partial charge in [0.15, 0.2) is 0 Å². The Bertz CT molecular complexity index is 1190. The highest BCUT2D eigenvalue weighted by Gasteiger charge is 2.31. The lowest BCUT2D eigenvalue weighted by Crippen LogP contribution is -2.50. The van der Waals surface area contributed by atoms with Gasteiger partial charge in [0.25, 0.3) is 0 Å². The SMILES string of the molecule is C=CCC(c1ccc(Cl)cc1C(=C)C(NC(=O)OC(C)CC)c1cncn1C)N1CCN(C(=O)OC(C)C)CC1. The molecule has 40 heavy (non-hydrogen) atoms. The van der Waals surface area contributed by atoms with Gasteiger partial charge in [0, 0.05) is 44.3 Å². The molecular formula is C30H42ClN5O4. The van der Waals surface area contributed by atoms with Gasteiger partial charge in [-0.1, -0.05) is 37.2 Å². The number of imidazole rings is 1. The highest BCUT2D eigenvalue weighted by Crippen LogP contribution is 2.38. The molecule has 3 rings (SSSR count). The monoisotopic (exact) mass is 571 g/mol. The first-order chi connectivity index (χ1) is 19.0. The van der Waals surface area contributed by atoms with Gasteiger partial charge in [0.05, 0.1) is 30.4 Å². The van der Waals surface area contributed by atoms with Crippen molar-refractivity contribution in [1.82, 2.24) is 24.7 Å². The van der Waals surface area contributed by atoms with Crippen LogP contribution in [0.1, 0.15) is 69.4 Å². The van der Waals surface area contributed by atoms with Crippen LogP contribution in [-0.4, -0.2) is 69.9 Å². The number of carbonyl (C=O) groups is 2. The normalized spacial score (nSPS) is 16.2. The molecule has 1 aromatic heterocycles. The topological polar surface area (TPSA) is 88.9 Å². The molecule has 2 heterocycles. The molecule has 1 aliphatic heterocycles. The van der Waals surface area contributed by atoms with Crippen LogP contribution in [0.15, 0.2) is 50.0 Å². The van der Waals surface area contributed by atoms with E-state index in [1.165, 1.54) is 0 Å². The predicted molar refractivity (Wildman–Crippen MR) is 158 cm³/mol. The number of nitrogens with zero attached hydrogens (tertiary/aromatic N) is 4. The summed E-state index contributed by atoms with van der Waals surface area (Å²) in [5.74, 6) is 0. The first kappa shape index (κ1) is 31.2. The van der Waals surface area contributed by atoms with Crippen molar-refractivity contribution >= 4 is 29.4 Å². The molecule has 1 fully saturated rings. The molecule has 1 N–H and O–H groups in total. The highest BCUT2D eigenvalue weighted by atomic mass is 35.5. The number of piperazine rings is 1. The van der Waals surface area contributed by atoms with Gasteiger partial charge in [-0.3, -0.25) is 4.90 Å². The van der Waals surface area contributed by atoms with Crippen molar-refractivity contribution in [2.75, 3.05) is 26.2 Å². The molecule has 1 aliphatic rings. The van der Waals surface area contributed by atoms with E-state index in [0.29, 0.717) is 49.6 Å². The average molecular weight is 572 g/mol. The zero-order chi connectivity index (χ0) is 29.4. The number of hydrogen-bond acceptors (Lipinski definition) is 6. The number of aromatic nitrogens is 2. The Kier molecular flexibility index (Phi) is 11.2.